The normalized spacial score (nSPS) is 11.8. The molecule has 5 nitrogen and oxygen atoms in total. The van der Waals surface area contributed by atoms with Crippen LogP contribution in [0.5, 0.6) is 5.75 Å². The van der Waals surface area contributed by atoms with E-state index < -0.39 is 10.0 Å². The lowest BCUT2D eigenvalue weighted by molar-refractivity contribution is 0.242. The van der Waals surface area contributed by atoms with E-state index in [4.69, 9.17) is 16.3 Å². The van der Waals surface area contributed by atoms with Crippen LogP contribution in [0.25, 0.3) is 11.4 Å². The first-order chi connectivity index (χ1) is 9.29. The van der Waals surface area contributed by atoms with Gasteiger partial charge in [-0.25, -0.2) is 17.4 Å². The second-order valence-corrected chi connectivity index (χ2v) is 6.89. The summed E-state index contributed by atoms with van der Waals surface area (Å²) in [4.78, 5) is 4.07. The van der Waals surface area contributed by atoms with E-state index in [-0.39, 0.29) is 6.10 Å². The average Bonchev–Trinajstić information content (AvgIpc) is 2.80. The molecule has 0 atom stereocenters. The number of benzene rings is 1. The molecule has 0 bridgehead atoms. The molecule has 1 heterocycles. The van der Waals surface area contributed by atoms with Crippen molar-refractivity contribution in [3.8, 4) is 17.1 Å². The largest absolute Gasteiger partial charge is 0.489 e. The van der Waals surface area contributed by atoms with Crippen molar-refractivity contribution in [1.29, 1.82) is 0 Å². The van der Waals surface area contributed by atoms with Gasteiger partial charge in [-0.05, 0) is 32.0 Å². The SMILES string of the molecule is CC(C)Oc1ccc(-c2nccn2S(C)(=O)=O)cc1Cl. The lowest BCUT2D eigenvalue weighted by atomic mass is 10.2. The number of halogens is 1. The summed E-state index contributed by atoms with van der Waals surface area (Å²) in [5.74, 6) is 0.883. The zero-order valence-electron chi connectivity index (χ0n) is 11.4. The van der Waals surface area contributed by atoms with E-state index in [0.717, 1.165) is 10.2 Å². The molecule has 0 spiro atoms. The Balaban J connectivity index is 2.45. The van der Waals surface area contributed by atoms with Gasteiger partial charge in [0.25, 0.3) is 0 Å². The quantitative estimate of drug-likeness (QED) is 0.870. The highest BCUT2D eigenvalue weighted by molar-refractivity contribution is 7.89. The van der Waals surface area contributed by atoms with Gasteiger partial charge in [-0.2, -0.15) is 0 Å². The predicted octanol–water partition coefficient (Wildman–Crippen LogP) is 2.80. The Morgan fingerprint density at radius 1 is 1.35 bits per heavy atom. The van der Waals surface area contributed by atoms with Crippen molar-refractivity contribution < 1.29 is 13.2 Å². The molecule has 0 radical (unpaired) electrons. The smallest absolute Gasteiger partial charge is 0.237 e. The lowest BCUT2D eigenvalue weighted by Crippen LogP contribution is -2.10. The molecule has 0 aliphatic rings. The van der Waals surface area contributed by atoms with Crippen molar-refractivity contribution in [3.05, 3.63) is 35.6 Å². The minimum absolute atomic E-state index is 0.0105. The summed E-state index contributed by atoms with van der Waals surface area (Å²) in [6.45, 7) is 3.81. The summed E-state index contributed by atoms with van der Waals surface area (Å²) >= 11 is 6.15. The first kappa shape index (κ1) is 14.9. The average molecular weight is 315 g/mol. The maximum Gasteiger partial charge on any atom is 0.237 e. The molecule has 0 aliphatic carbocycles. The van der Waals surface area contributed by atoms with Crippen LogP contribution in [-0.2, 0) is 10.0 Å². The fraction of sp³-hybridized carbons (Fsp3) is 0.308. The van der Waals surface area contributed by atoms with Crippen LogP contribution in [-0.4, -0.2) is 29.7 Å². The van der Waals surface area contributed by atoms with Crippen molar-refractivity contribution >= 4 is 21.6 Å². The molecule has 0 N–H and O–H groups in total. The Bertz CT molecular complexity index is 723. The molecule has 2 aromatic rings. The molecule has 2 rings (SSSR count). The third kappa shape index (κ3) is 3.13. The highest BCUT2D eigenvalue weighted by atomic mass is 35.5. The van der Waals surface area contributed by atoms with Gasteiger partial charge in [0.2, 0.25) is 10.0 Å². The molecule has 0 unspecified atom stereocenters. The summed E-state index contributed by atoms with van der Waals surface area (Å²) in [6.07, 6.45) is 3.96. The number of aromatic nitrogens is 2. The Morgan fingerprint density at radius 2 is 2.05 bits per heavy atom. The van der Waals surface area contributed by atoms with Crippen LogP contribution in [0.2, 0.25) is 5.02 Å². The summed E-state index contributed by atoms with van der Waals surface area (Å²) in [5.41, 5.74) is 0.613. The maximum atomic E-state index is 11.7. The van der Waals surface area contributed by atoms with Crippen LogP contribution in [0.1, 0.15) is 13.8 Å². The first-order valence-corrected chi connectivity index (χ1v) is 8.22. The van der Waals surface area contributed by atoms with Crippen molar-refractivity contribution in [3.63, 3.8) is 0 Å². The number of ether oxygens (including phenoxy) is 1. The molecular formula is C13H15ClN2O3S. The molecule has 1 aromatic carbocycles. The molecular weight excluding hydrogens is 300 g/mol. The summed E-state index contributed by atoms with van der Waals surface area (Å²) in [6, 6.07) is 5.08. The minimum atomic E-state index is -3.40. The highest BCUT2D eigenvalue weighted by Crippen LogP contribution is 2.30. The number of hydrogen-bond donors (Lipinski definition) is 0. The fourth-order valence-electron chi connectivity index (χ4n) is 1.75. The molecule has 0 saturated carbocycles. The van der Waals surface area contributed by atoms with E-state index in [1.54, 1.807) is 18.2 Å². The Kier molecular flexibility index (Phi) is 4.06. The van der Waals surface area contributed by atoms with Gasteiger partial charge < -0.3 is 4.74 Å². The number of nitrogens with zero attached hydrogens (tertiary/aromatic N) is 2. The Morgan fingerprint density at radius 3 is 2.60 bits per heavy atom. The van der Waals surface area contributed by atoms with E-state index in [0.29, 0.717) is 22.2 Å². The van der Waals surface area contributed by atoms with Gasteiger partial charge in [0.05, 0.1) is 17.4 Å². The molecule has 108 valence electrons. The molecule has 20 heavy (non-hydrogen) atoms. The van der Waals surface area contributed by atoms with Gasteiger partial charge in [0.15, 0.2) is 5.82 Å². The van der Waals surface area contributed by atoms with Crippen molar-refractivity contribution in [2.24, 2.45) is 0 Å². The zero-order valence-corrected chi connectivity index (χ0v) is 12.9. The maximum absolute atomic E-state index is 11.7. The molecule has 7 heteroatoms. The Labute approximate surface area is 123 Å². The monoisotopic (exact) mass is 314 g/mol. The number of hydrogen-bond acceptors (Lipinski definition) is 4. The van der Waals surface area contributed by atoms with Gasteiger partial charge >= 0.3 is 0 Å². The van der Waals surface area contributed by atoms with Crippen LogP contribution in [0.3, 0.4) is 0 Å². The number of imidazole rings is 1. The third-order valence-electron chi connectivity index (χ3n) is 2.52. The summed E-state index contributed by atoms with van der Waals surface area (Å²) < 4.78 is 30.0. The van der Waals surface area contributed by atoms with E-state index in [2.05, 4.69) is 4.98 Å². The predicted molar refractivity (Wildman–Crippen MR) is 78.7 cm³/mol. The molecule has 0 fully saturated rings. The van der Waals surface area contributed by atoms with Crippen LogP contribution in [0, 0.1) is 0 Å². The highest BCUT2D eigenvalue weighted by Gasteiger charge is 2.15. The minimum Gasteiger partial charge on any atom is -0.489 e. The van der Waals surface area contributed by atoms with Crippen LogP contribution < -0.4 is 4.74 Å². The summed E-state index contributed by atoms with van der Waals surface area (Å²) in [7, 11) is -3.40. The van der Waals surface area contributed by atoms with Crippen molar-refractivity contribution in [2.45, 2.75) is 20.0 Å². The molecule has 0 saturated heterocycles. The van der Waals surface area contributed by atoms with E-state index in [9.17, 15) is 8.42 Å². The van der Waals surface area contributed by atoms with Gasteiger partial charge in [-0.15, -0.1) is 0 Å². The second-order valence-electron chi connectivity index (χ2n) is 4.62. The van der Waals surface area contributed by atoms with E-state index >= 15 is 0 Å². The van der Waals surface area contributed by atoms with Gasteiger partial charge in [0, 0.05) is 18.0 Å². The van der Waals surface area contributed by atoms with Gasteiger partial charge in [-0.3, -0.25) is 0 Å². The van der Waals surface area contributed by atoms with Crippen LogP contribution >= 0.6 is 11.6 Å². The second kappa shape index (κ2) is 5.46. The van der Waals surface area contributed by atoms with E-state index in [1.807, 2.05) is 13.8 Å². The van der Waals surface area contributed by atoms with E-state index in [1.165, 1.54) is 12.4 Å². The van der Waals surface area contributed by atoms with Crippen LogP contribution in [0.15, 0.2) is 30.6 Å². The molecule has 0 amide bonds. The zero-order chi connectivity index (χ0) is 14.9. The van der Waals surface area contributed by atoms with Crippen molar-refractivity contribution in [2.75, 3.05) is 6.26 Å². The lowest BCUT2D eigenvalue weighted by Gasteiger charge is -2.12. The number of rotatable bonds is 4. The van der Waals surface area contributed by atoms with Crippen molar-refractivity contribution in [1.82, 2.24) is 8.96 Å². The standard InChI is InChI=1S/C13H15ClN2O3S/c1-9(2)19-12-5-4-10(8-11(12)14)13-15-6-7-16(13)20(3,17)18/h4-9H,1-3H3. The molecule has 0 aliphatic heterocycles. The molecule has 1 aromatic heterocycles. The topological polar surface area (TPSA) is 61.2 Å². The van der Waals surface area contributed by atoms with Crippen LogP contribution in [0.4, 0.5) is 0 Å². The fourth-order valence-corrected chi connectivity index (χ4v) is 2.72. The summed E-state index contributed by atoms with van der Waals surface area (Å²) in [5, 5.41) is 0.416. The van der Waals surface area contributed by atoms with Gasteiger partial charge in [0.1, 0.15) is 5.75 Å². The Hall–Kier alpha value is -1.53. The van der Waals surface area contributed by atoms with Gasteiger partial charge in [-0.1, -0.05) is 11.6 Å². The first-order valence-electron chi connectivity index (χ1n) is 5.99. The third-order valence-corrected chi connectivity index (χ3v) is 3.82.